The minimum absolute atomic E-state index is 0. The molecule has 2 aromatic heterocycles. The molecule has 138 valence electrons. The van der Waals surface area contributed by atoms with Gasteiger partial charge in [-0.1, -0.05) is 0 Å². The van der Waals surface area contributed by atoms with Gasteiger partial charge in [0.05, 0.1) is 17.1 Å². The van der Waals surface area contributed by atoms with E-state index < -0.39 is 5.54 Å². The average Bonchev–Trinajstić information content (AvgIpc) is 3.20. The van der Waals surface area contributed by atoms with E-state index in [0.717, 1.165) is 48.6 Å². The molecule has 0 bridgehead atoms. The number of amides is 1. The van der Waals surface area contributed by atoms with E-state index in [9.17, 15) is 4.79 Å². The van der Waals surface area contributed by atoms with Gasteiger partial charge in [0, 0.05) is 33.2 Å². The molecule has 0 spiro atoms. The quantitative estimate of drug-likeness (QED) is 0.812. The molecule has 25 heavy (non-hydrogen) atoms. The number of anilines is 1. The fourth-order valence-corrected chi connectivity index (χ4v) is 3.14. The molecule has 1 aliphatic heterocycles. The van der Waals surface area contributed by atoms with Gasteiger partial charge < -0.3 is 15.5 Å². The molecule has 1 saturated heterocycles. The largest absolute Gasteiger partial charge is 0.352 e. The molecular weight excluding hydrogens is 365 g/mol. The number of carbonyl (C=O) groups is 1. The summed E-state index contributed by atoms with van der Waals surface area (Å²) in [6.45, 7) is 4.76. The maximum Gasteiger partial charge on any atom is 0.242 e. The first-order valence-electron chi connectivity index (χ1n) is 7.97. The molecule has 4 rings (SSSR count). The first kappa shape index (κ1) is 19.7. The highest BCUT2D eigenvalue weighted by atomic mass is 35.5. The van der Waals surface area contributed by atoms with Crippen molar-refractivity contribution in [2.24, 2.45) is 12.8 Å². The van der Waals surface area contributed by atoms with Crippen molar-refractivity contribution < 1.29 is 4.79 Å². The number of nitrogens with two attached hydrogens (primary N) is 1. The first-order valence-corrected chi connectivity index (χ1v) is 7.97. The standard InChI is InChI=1S/C15H21N7O.2ClH/c1-10-18-12-11(9-17-20(12)2)13(19-10)21-5-7-22(8-6-21)14(23)15(16)3-4-15;;/h9H,3-8,16H2,1-2H3;2*1H. The molecule has 0 unspecified atom stereocenters. The summed E-state index contributed by atoms with van der Waals surface area (Å²) in [6, 6.07) is 0. The Balaban J connectivity index is 0.00000113. The molecule has 2 aromatic rings. The van der Waals surface area contributed by atoms with Crippen LogP contribution in [0.1, 0.15) is 18.7 Å². The van der Waals surface area contributed by atoms with E-state index in [-0.39, 0.29) is 30.7 Å². The maximum atomic E-state index is 12.3. The summed E-state index contributed by atoms with van der Waals surface area (Å²) in [5.41, 5.74) is 6.29. The normalized spacial score (nSPS) is 18.5. The predicted octanol–water partition coefficient (Wildman–Crippen LogP) is 0.655. The van der Waals surface area contributed by atoms with Gasteiger partial charge in [-0.3, -0.25) is 9.48 Å². The SMILES string of the molecule is Cc1nc(N2CCN(C(=O)C3(N)CC3)CC2)c2cnn(C)c2n1.Cl.Cl. The zero-order chi connectivity index (χ0) is 16.2. The molecular formula is C15H23Cl2N7O. The van der Waals surface area contributed by atoms with E-state index >= 15 is 0 Å². The molecule has 3 heterocycles. The summed E-state index contributed by atoms with van der Waals surface area (Å²) in [4.78, 5) is 25.5. The molecule has 10 heteroatoms. The highest BCUT2D eigenvalue weighted by Gasteiger charge is 2.48. The second-order valence-corrected chi connectivity index (χ2v) is 6.54. The van der Waals surface area contributed by atoms with Crippen molar-refractivity contribution in [1.82, 2.24) is 24.6 Å². The lowest BCUT2D eigenvalue weighted by molar-refractivity contribution is -0.133. The van der Waals surface area contributed by atoms with Gasteiger partial charge in [0.2, 0.25) is 5.91 Å². The molecule has 8 nitrogen and oxygen atoms in total. The Morgan fingerprint density at radius 2 is 1.80 bits per heavy atom. The summed E-state index contributed by atoms with van der Waals surface area (Å²) in [7, 11) is 1.88. The number of hydrogen-bond acceptors (Lipinski definition) is 6. The van der Waals surface area contributed by atoms with Crippen LogP contribution in [-0.4, -0.2) is 62.3 Å². The van der Waals surface area contributed by atoms with Crippen LogP contribution in [0.3, 0.4) is 0 Å². The van der Waals surface area contributed by atoms with Crippen LogP contribution in [0.15, 0.2) is 6.20 Å². The second kappa shape index (κ2) is 6.93. The van der Waals surface area contributed by atoms with Crippen molar-refractivity contribution in [3.63, 3.8) is 0 Å². The summed E-state index contributed by atoms with van der Waals surface area (Å²) in [5.74, 6) is 1.73. The zero-order valence-corrected chi connectivity index (χ0v) is 15.9. The highest BCUT2D eigenvalue weighted by Crippen LogP contribution is 2.34. The molecule has 1 amide bonds. The van der Waals surface area contributed by atoms with Gasteiger partial charge in [-0.15, -0.1) is 24.8 Å². The van der Waals surface area contributed by atoms with Gasteiger partial charge >= 0.3 is 0 Å². The van der Waals surface area contributed by atoms with E-state index in [1.807, 2.05) is 18.9 Å². The van der Waals surface area contributed by atoms with Crippen LogP contribution in [-0.2, 0) is 11.8 Å². The molecule has 0 radical (unpaired) electrons. The van der Waals surface area contributed by atoms with Crippen molar-refractivity contribution in [2.45, 2.75) is 25.3 Å². The molecule has 2 N–H and O–H groups in total. The number of hydrogen-bond donors (Lipinski definition) is 1. The van der Waals surface area contributed by atoms with Crippen LogP contribution in [0, 0.1) is 6.92 Å². The van der Waals surface area contributed by atoms with E-state index in [4.69, 9.17) is 5.73 Å². The Bertz CT molecular complexity index is 782. The van der Waals surface area contributed by atoms with Gasteiger partial charge in [0.15, 0.2) is 5.65 Å². The van der Waals surface area contributed by atoms with Crippen LogP contribution in [0.4, 0.5) is 5.82 Å². The molecule has 0 atom stereocenters. The van der Waals surface area contributed by atoms with Gasteiger partial charge in [-0.05, 0) is 19.8 Å². The molecule has 0 aromatic carbocycles. The predicted molar refractivity (Wildman–Crippen MR) is 100 cm³/mol. The van der Waals surface area contributed by atoms with Gasteiger partial charge in [0.25, 0.3) is 0 Å². The summed E-state index contributed by atoms with van der Waals surface area (Å²) in [5, 5.41) is 5.24. The molecule has 2 fully saturated rings. The van der Waals surface area contributed by atoms with Crippen LogP contribution in [0.2, 0.25) is 0 Å². The number of aromatic nitrogens is 4. The number of rotatable bonds is 2. The lowest BCUT2D eigenvalue weighted by Gasteiger charge is -2.36. The van der Waals surface area contributed by atoms with Crippen molar-refractivity contribution in [3.05, 3.63) is 12.0 Å². The van der Waals surface area contributed by atoms with Crippen LogP contribution in [0.25, 0.3) is 11.0 Å². The van der Waals surface area contributed by atoms with E-state index in [2.05, 4.69) is 20.0 Å². The van der Waals surface area contributed by atoms with Crippen molar-refractivity contribution in [3.8, 4) is 0 Å². The van der Waals surface area contributed by atoms with Crippen LogP contribution in [0.5, 0.6) is 0 Å². The maximum absolute atomic E-state index is 12.3. The Morgan fingerprint density at radius 1 is 1.16 bits per heavy atom. The Labute approximate surface area is 158 Å². The summed E-state index contributed by atoms with van der Waals surface area (Å²) < 4.78 is 1.76. The van der Waals surface area contributed by atoms with Gasteiger partial charge in [-0.25, -0.2) is 9.97 Å². The Kier molecular flexibility index (Phi) is 5.46. The second-order valence-electron chi connectivity index (χ2n) is 6.54. The lowest BCUT2D eigenvalue weighted by Crippen LogP contribution is -2.54. The average molecular weight is 388 g/mol. The summed E-state index contributed by atoms with van der Waals surface area (Å²) >= 11 is 0. The van der Waals surface area contributed by atoms with Gasteiger partial charge in [0.1, 0.15) is 11.6 Å². The third-order valence-electron chi connectivity index (χ3n) is 4.76. The fraction of sp³-hybridized carbons (Fsp3) is 0.600. The van der Waals surface area contributed by atoms with E-state index in [0.29, 0.717) is 13.1 Å². The third kappa shape index (κ3) is 3.38. The number of aryl methyl sites for hydroxylation is 2. The number of halogens is 2. The van der Waals surface area contributed by atoms with Crippen LogP contribution < -0.4 is 10.6 Å². The number of nitrogens with zero attached hydrogens (tertiary/aromatic N) is 6. The smallest absolute Gasteiger partial charge is 0.242 e. The van der Waals surface area contributed by atoms with E-state index in [1.54, 1.807) is 10.9 Å². The molecule has 1 aliphatic carbocycles. The van der Waals surface area contributed by atoms with Gasteiger partial charge in [-0.2, -0.15) is 5.10 Å². The van der Waals surface area contributed by atoms with Crippen LogP contribution >= 0.6 is 24.8 Å². The topological polar surface area (TPSA) is 93.2 Å². The number of piperazine rings is 1. The van der Waals surface area contributed by atoms with Crippen molar-refractivity contribution in [2.75, 3.05) is 31.1 Å². The monoisotopic (exact) mass is 387 g/mol. The Morgan fingerprint density at radius 3 is 2.40 bits per heavy atom. The minimum Gasteiger partial charge on any atom is -0.352 e. The van der Waals surface area contributed by atoms with E-state index in [1.165, 1.54) is 0 Å². The summed E-state index contributed by atoms with van der Waals surface area (Å²) in [6.07, 6.45) is 3.43. The Hall–Kier alpha value is -1.64. The first-order chi connectivity index (χ1) is 11.0. The van der Waals surface area contributed by atoms with Crippen molar-refractivity contribution >= 4 is 47.6 Å². The zero-order valence-electron chi connectivity index (χ0n) is 14.3. The molecule has 2 aliphatic rings. The number of fused-ring (bicyclic) bond motifs is 1. The lowest BCUT2D eigenvalue weighted by atomic mass is 10.2. The third-order valence-corrected chi connectivity index (χ3v) is 4.76. The van der Waals surface area contributed by atoms with Crippen molar-refractivity contribution in [1.29, 1.82) is 0 Å². The fourth-order valence-electron chi connectivity index (χ4n) is 3.14. The minimum atomic E-state index is -0.579. The number of carbonyl (C=O) groups excluding carboxylic acids is 1. The molecule has 1 saturated carbocycles. The highest BCUT2D eigenvalue weighted by molar-refractivity contribution is 5.90.